The van der Waals surface area contributed by atoms with Gasteiger partial charge in [0.05, 0.1) is 0 Å². The summed E-state index contributed by atoms with van der Waals surface area (Å²) in [4.78, 5) is 5.68. The SMILES string of the molecule is [C]1=c2ccccc2=C[AsH]1. The number of rotatable bonds is 0. The van der Waals surface area contributed by atoms with Crippen molar-refractivity contribution in [2.24, 2.45) is 0 Å². The summed E-state index contributed by atoms with van der Waals surface area (Å²) in [6.45, 7) is 0. The van der Waals surface area contributed by atoms with Crippen LogP contribution in [-0.4, -0.2) is 15.8 Å². The molecule has 1 aromatic rings. The van der Waals surface area contributed by atoms with Crippen LogP contribution < -0.4 is 10.4 Å². The topological polar surface area (TPSA) is 0 Å². The fourth-order valence-corrected chi connectivity index (χ4v) is 2.74. The van der Waals surface area contributed by atoms with E-state index in [0.29, 0.717) is 0 Å². The minimum absolute atomic E-state index is 0.0219. The summed E-state index contributed by atoms with van der Waals surface area (Å²) in [6.07, 6.45) is 0. The molecule has 1 unspecified atom stereocenters. The Morgan fingerprint density at radius 1 is 1.22 bits per heavy atom. The van der Waals surface area contributed by atoms with Gasteiger partial charge in [-0.15, -0.1) is 0 Å². The molecule has 1 aliphatic rings. The fourth-order valence-electron chi connectivity index (χ4n) is 0.928. The van der Waals surface area contributed by atoms with Gasteiger partial charge in [-0.05, 0) is 0 Å². The van der Waals surface area contributed by atoms with Crippen LogP contribution >= 0.6 is 0 Å². The van der Waals surface area contributed by atoms with Gasteiger partial charge in [-0.1, -0.05) is 0 Å². The zero-order chi connectivity index (χ0) is 6.10. The Morgan fingerprint density at radius 2 is 2.11 bits per heavy atom. The van der Waals surface area contributed by atoms with Crippen LogP contribution in [0.3, 0.4) is 0 Å². The third-order valence-electron chi connectivity index (χ3n) is 1.40. The fraction of sp³-hybridized carbons (Fsp3) is 0. The molecule has 43 valence electrons. The summed E-state index contributed by atoms with van der Waals surface area (Å²) in [5, 5.41) is 2.70. The van der Waals surface area contributed by atoms with E-state index >= 15 is 0 Å². The van der Waals surface area contributed by atoms with Gasteiger partial charge in [-0.25, -0.2) is 0 Å². The summed E-state index contributed by atoms with van der Waals surface area (Å²) >= 11 is 0.0219. The van der Waals surface area contributed by atoms with Crippen molar-refractivity contribution < 1.29 is 0 Å². The maximum absolute atomic E-state index is 3.37. The van der Waals surface area contributed by atoms with Crippen molar-refractivity contribution in [3.63, 3.8) is 0 Å². The van der Waals surface area contributed by atoms with Gasteiger partial charge in [0.2, 0.25) is 0 Å². The van der Waals surface area contributed by atoms with E-state index in [1.807, 2.05) is 0 Å². The minimum atomic E-state index is 0.0219. The summed E-state index contributed by atoms with van der Waals surface area (Å²) in [5.74, 6) is 0. The molecule has 1 aromatic carbocycles. The van der Waals surface area contributed by atoms with E-state index < -0.39 is 0 Å². The predicted octanol–water partition coefficient (Wildman–Crippen LogP) is -0.510. The molecule has 1 atom stereocenters. The van der Waals surface area contributed by atoms with Crippen molar-refractivity contribution in [2.75, 3.05) is 0 Å². The molecule has 0 bridgehead atoms. The van der Waals surface area contributed by atoms with Crippen LogP contribution in [0.15, 0.2) is 24.3 Å². The predicted molar refractivity (Wildman–Crippen MR) is 40.7 cm³/mol. The van der Waals surface area contributed by atoms with Crippen molar-refractivity contribution in [1.82, 2.24) is 0 Å². The Balaban J connectivity index is 2.97. The van der Waals surface area contributed by atoms with E-state index in [0.717, 1.165) is 0 Å². The number of benzene rings is 1. The van der Waals surface area contributed by atoms with Crippen molar-refractivity contribution in [1.29, 1.82) is 0 Å². The average Bonchev–Trinajstić information content (AvgIpc) is 2.33. The molecule has 1 heterocycles. The van der Waals surface area contributed by atoms with Crippen molar-refractivity contribution in [2.45, 2.75) is 0 Å². The second-order valence-electron chi connectivity index (χ2n) is 2.00. The van der Waals surface area contributed by atoms with Crippen LogP contribution in [0.25, 0.3) is 9.73 Å². The molecule has 0 N–H and O–H groups in total. The van der Waals surface area contributed by atoms with Crippen molar-refractivity contribution in [3.8, 4) is 0 Å². The molecule has 0 spiro atoms. The van der Waals surface area contributed by atoms with Gasteiger partial charge in [0, 0.05) is 0 Å². The van der Waals surface area contributed by atoms with Gasteiger partial charge in [0.1, 0.15) is 0 Å². The van der Waals surface area contributed by atoms with Crippen LogP contribution in [0.4, 0.5) is 0 Å². The molecule has 0 nitrogen and oxygen atoms in total. The van der Waals surface area contributed by atoms with Gasteiger partial charge in [-0.3, -0.25) is 0 Å². The Labute approximate surface area is 60.6 Å². The van der Waals surface area contributed by atoms with Gasteiger partial charge in [-0.2, -0.15) is 0 Å². The Morgan fingerprint density at radius 3 is 3.00 bits per heavy atom. The molecule has 1 heteroatoms. The molecule has 0 amide bonds. The van der Waals surface area contributed by atoms with Gasteiger partial charge in [0.15, 0.2) is 0 Å². The molecule has 0 saturated heterocycles. The normalized spacial score (nSPS) is 13.8. The first-order valence-corrected chi connectivity index (χ1v) is 5.17. The number of hydrogen-bond acceptors (Lipinski definition) is 0. The Hall–Kier alpha value is -0.482. The van der Waals surface area contributed by atoms with E-state index in [-0.39, 0.29) is 15.8 Å². The van der Waals surface area contributed by atoms with Crippen molar-refractivity contribution >= 4 is 25.5 Å². The standard InChI is InChI=1S/C8H6As/c1-2-4-8-6-9-5-7(8)3-1/h1-5,9H. The Kier molecular flexibility index (Phi) is 1.20. The summed E-state index contributed by atoms with van der Waals surface area (Å²) in [5.41, 5.74) is 0. The van der Waals surface area contributed by atoms with Crippen LogP contribution in [0.2, 0.25) is 0 Å². The van der Waals surface area contributed by atoms with Crippen molar-refractivity contribution in [3.05, 3.63) is 34.7 Å². The zero-order valence-electron chi connectivity index (χ0n) is 4.89. The molecule has 0 aliphatic carbocycles. The molecule has 0 fully saturated rings. The summed E-state index contributed by atoms with van der Waals surface area (Å²) in [6, 6.07) is 8.42. The molecular weight excluding hydrogens is 171 g/mol. The quantitative estimate of drug-likeness (QED) is 0.468. The molecule has 9 heavy (non-hydrogen) atoms. The van der Waals surface area contributed by atoms with E-state index in [1.54, 1.807) is 0 Å². The van der Waals surface area contributed by atoms with Gasteiger partial charge in [0.25, 0.3) is 0 Å². The maximum atomic E-state index is 3.37. The first kappa shape index (κ1) is 5.31. The third-order valence-corrected chi connectivity index (χ3v) is 3.22. The van der Waals surface area contributed by atoms with Crippen LogP contribution in [-0.2, 0) is 0 Å². The first-order valence-electron chi connectivity index (χ1n) is 2.90. The van der Waals surface area contributed by atoms with Crippen LogP contribution in [0.1, 0.15) is 0 Å². The molecular formula is C8H6As. The van der Waals surface area contributed by atoms with E-state index in [2.05, 4.69) is 34.0 Å². The monoisotopic (exact) mass is 177 g/mol. The van der Waals surface area contributed by atoms with E-state index in [4.69, 9.17) is 0 Å². The molecule has 0 aromatic heterocycles. The van der Waals surface area contributed by atoms with Crippen LogP contribution in [0, 0.1) is 0 Å². The Bertz CT molecular complexity index is 292. The van der Waals surface area contributed by atoms with E-state index in [1.165, 1.54) is 10.4 Å². The molecule has 0 saturated carbocycles. The second kappa shape index (κ2) is 2.04. The third kappa shape index (κ3) is 0.839. The van der Waals surface area contributed by atoms with Gasteiger partial charge >= 0.3 is 60.2 Å². The number of hydrogen-bond donors (Lipinski definition) is 0. The average molecular weight is 177 g/mol. The van der Waals surface area contributed by atoms with E-state index in [9.17, 15) is 0 Å². The summed E-state index contributed by atoms with van der Waals surface area (Å²) in [7, 11) is 0. The van der Waals surface area contributed by atoms with Gasteiger partial charge < -0.3 is 0 Å². The zero-order valence-corrected chi connectivity index (χ0v) is 6.98. The van der Waals surface area contributed by atoms with Crippen LogP contribution in [0.5, 0.6) is 0 Å². The first-order chi connectivity index (χ1) is 4.47. The molecule has 1 radical (unpaired) electrons. The summed E-state index contributed by atoms with van der Waals surface area (Å²) < 4.78 is 0. The molecule has 1 aliphatic heterocycles. The second-order valence-corrected chi connectivity index (χ2v) is 3.74. The molecule has 2 rings (SSSR count). The number of fused-ring (bicyclic) bond motifs is 1.